The minimum Gasteiger partial charge on any atom is -0.356 e. The second-order valence-electron chi connectivity index (χ2n) is 6.92. The molecule has 0 aromatic carbocycles. The van der Waals surface area contributed by atoms with Crippen molar-refractivity contribution in [3.63, 3.8) is 0 Å². The zero-order chi connectivity index (χ0) is 17.2. The lowest BCUT2D eigenvalue weighted by Gasteiger charge is -2.28. The molecule has 1 aliphatic rings. The highest BCUT2D eigenvalue weighted by Crippen LogP contribution is 2.26. The summed E-state index contributed by atoms with van der Waals surface area (Å²) in [6.45, 7) is 8.13. The fourth-order valence-corrected chi connectivity index (χ4v) is 3.85. The van der Waals surface area contributed by atoms with E-state index in [0.717, 1.165) is 43.5 Å². The van der Waals surface area contributed by atoms with Gasteiger partial charge in [0.25, 0.3) is 0 Å². The number of fused-ring (bicyclic) bond motifs is 1. The molecule has 3 rings (SSSR count). The summed E-state index contributed by atoms with van der Waals surface area (Å²) in [5.41, 5.74) is 0.0779. The Bertz CT molecular complexity index is 701. The summed E-state index contributed by atoms with van der Waals surface area (Å²) >= 11 is 1.80. The van der Waals surface area contributed by atoms with E-state index in [2.05, 4.69) is 57.1 Å². The number of aliphatic imine (C=N–C) groups is 1. The molecule has 2 aromatic heterocycles. The molecule has 1 aliphatic heterocycles. The molecule has 0 radical (unpaired) electrons. The van der Waals surface area contributed by atoms with Gasteiger partial charge in [-0.05, 0) is 24.8 Å². The Morgan fingerprint density at radius 1 is 1.50 bits per heavy atom. The van der Waals surface area contributed by atoms with Crippen LogP contribution >= 0.6 is 11.3 Å². The van der Waals surface area contributed by atoms with Crippen LogP contribution in [-0.4, -0.2) is 40.4 Å². The van der Waals surface area contributed by atoms with E-state index in [4.69, 9.17) is 0 Å². The molecule has 1 unspecified atom stereocenters. The normalized spacial score (nSPS) is 18.3. The highest BCUT2D eigenvalue weighted by Gasteiger charge is 2.24. The number of nitrogens with one attached hydrogen (secondary N) is 2. The minimum atomic E-state index is 0.0779. The van der Waals surface area contributed by atoms with Crippen LogP contribution in [0.5, 0.6) is 0 Å². The second-order valence-corrected chi connectivity index (χ2v) is 7.87. The van der Waals surface area contributed by atoms with E-state index >= 15 is 0 Å². The first-order valence-electron chi connectivity index (χ1n) is 8.39. The van der Waals surface area contributed by atoms with Crippen molar-refractivity contribution >= 4 is 17.3 Å². The summed E-state index contributed by atoms with van der Waals surface area (Å²) in [6, 6.07) is 4.63. The lowest BCUT2D eigenvalue weighted by atomic mass is 9.91. The summed E-state index contributed by atoms with van der Waals surface area (Å²) in [6.07, 6.45) is 2.00. The number of guanidine groups is 1. The zero-order valence-electron chi connectivity index (χ0n) is 14.8. The second kappa shape index (κ2) is 6.93. The highest BCUT2D eigenvalue weighted by molar-refractivity contribution is 7.10. The predicted octanol–water partition coefficient (Wildman–Crippen LogP) is 2.11. The van der Waals surface area contributed by atoms with Crippen LogP contribution in [0.25, 0.3) is 0 Å². The lowest BCUT2D eigenvalue weighted by molar-refractivity contribution is 0.390. The zero-order valence-corrected chi connectivity index (χ0v) is 15.7. The van der Waals surface area contributed by atoms with Crippen molar-refractivity contribution in [1.29, 1.82) is 0 Å². The molecule has 0 saturated heterocycles. The van der Waals surface area contributed by atoms with Crippen LogP contribution in [0.3, 0.4) is 0 Å². The maximum Gasteiger partial charge on any atom is 0.191 e. The fourth-order valence-electron chi connectivity index (χ4n) is 3.00. The Hall–Kier alpha value is -1.89. The van der Waals surface area contributed by atoms with Gasteiger partial charge in [0.15, 0.2) is 5.96 Å². The molecule has 0 aliphatic carbocycles. The molecule has 0 bridgehead atoms. The van der Waals surface area contributed by atoms with Gasteiger partial charge in [-0.25, -0.2) is 9.67 Å². The van der Waals surface area contributed by atoms with E-state index in [1.54, 1.807) is 11.3 Å². The molecule has 3 heterocycles. The summed E-state index contributed by atoms with van der Waals surface area (Å²) in [5, 5.41) is 13.6. The maximum atomic E-state index is 4.46. The molecular formula is C17H26N6S. The molecule has 24 heavy (non-hydrogen) atoms. The highest BCUT2D eigenvalue weighted by atomic mass is 32.1. The molecule has 1 atom stereocenters. The average Bonchev–Trinajstić information content (AvgIpc) is 3.19. The van der Waals surface area contributed by atoms with Crippen molar-refractivity contribution in [3.8, 4) is 0 Å². The largest absolute Gasteiger partial charge is 0.356 e. The van der Waals surface area contributed by atoms with Gasteiger partial charge in [0.05, 0.1) is 6.54 Å². The quantitative estimate of drug-likeness (QED) is 0.657. The van der Waals surface area contributed by atoms with E-state index in [1.165, 1.54) is 4.88 Å². The molecule has 2 N–H and O–H groups in total. The van der Waals surface area contributed by atoms with Crippen LogP contribution in [0.4, 0.5) is 0 Å². The first-order chi connectivity index (χ1) is 11.5. The van der Waals surface area contributed by atoms with Crippen molar-refractivity contribution < 1.29 is 0 Å². The predicted molar refractivity (Wildman–Crippen MR) is 98.7 cm³/mol. The average molecular weight is 347 g/mol. The van der Waals surface area contributed by atoms with Crippen LogP contribution < -0.4 is 10.6 Å². The lowest BCUT2D eigenvalue weighted by Crippen LogP contribution is -2.49. The molecule has 130 valence electrons. The molecule has 6 nitrogen and oxygen atoms in total. The van der Waals surface area contributed by atoms with Gasteiger partial charge in [-0.2, -0.15) is 5.10 Å². The van der Waals surface area contributed by atoms with Gasteiger partial charge in [-0.3, -0.25) is 4.99 Å². The number of aryl methyl sites for hydroxylation is 2. The van der Waals surface area contributed by atoms with E-state index in [0.29, 0.717) is 6.04 Å². The SMILES string of the molecule is CN=C(NCC(C)(C)c1cccs1)NC1CCc2nc(C)nn2C1. The summed E-state index contributed by atoms with van der Waals surface area (Å²) in [4.78, 5) is 10.2. The standard InChI is InChI=1S/C17H26N6S/c1-12-20-15-8-7-13(10-23(15)22-12)21-16(18-4)19-11-17(2,3)14-6-5-9-24-14/h5-6,9,13H,7-8,10-11H2,1-4H3,(H2,18,19,21). The molecule has 0 amide bonds. The van der Waals surface area contributed by atoms with E-state index in [1.807, 2.05) is 18.7 Å². The van der Waals surface area contributed by atoms with Gasteiger partial charge in [-0.15, -0.1) is 11.3 Å². The smallest absolute Gasteiger partial charge is 0.191 e. The van der Waals surface area contributed by atoms with Crippen LogP contribution in [0.1, 0.15) is 36.8 Å². The Balaban J connectivity index is 1.56. The first kappa shape index (κ1) is 17.0. The van der Waals surface area contributed by atoms with Crippen molar-refractivity contribution in [1.82, 2.24) is 25.4 Å². The fraction of sp³-hybridized carbons (Fsp3) is 0.588. The van der Waals surface area contributed by atoms with E-state index in [-0.39, 0.29) is 5.41 Å². The van der Waals surface area contributed by atoms with Gasteiger partial charge in [0, 0.05) is 36.3 Å². The number of nitrogens with zero attached hydrogens (tertiary/aromatic N) is 4. The summed E-state index contributed by atoms with van der Waals surface area (Å²) in [5.74, 6) is 2.79. The molecular weight excluding hydrogens is 320 g/mol. The molecule has 0 spiro atoms. The minimum absolute atomic E-state index is 0.0779. The number of hydrogen-bond acceptors (Lipinski definition) is 4. The molecule has 0 saturated carbocycles. The Kier molecular flexibility index (Phi) is 4.89. The van der Waals surface area contributed by atoms with Crippen molar-refractivity contribution in [2.24, 2.45) is 4.99 Å². The van der Waals surface area contributed by atoms with Gasteiger partial charge in [0.2, 0.25) is 0 Å². The van der Waals surface area contributed by atoms with Crippen LogP contribution in [0.2, 0.25) is 0 Å². The van der Waals surface area contributed by atoms with Crippen LogP contribution in [0, 0.1) is 6.92 Å². The van der Waals surface area contributed by atoms with Crippen LogP contribution in [-0.2, 0) is 18.4 Å². The first-order valence-corrected chi connectivity index (χ1v) is 9.27. The van der Waals surface area contributed by atoms with Gasteiger partial charge >= 0.3 is 0 Å². The summed E-state index contributed by atoms with van der Waals surface area (Å²) < 4.78 is 2.01. The monoisotopic (exact) mass is 346 g/mol. The Morgan fingerprint density at radius 3 is 3.04 bits per heavy atom. The number of aromatic nitrogens is 3. The number of thiophene rings is 1. The van der Waals surface area contributed by atoms with E-state index in [9.17, 15) is 0 Å². The topological polar surface area (TPSA) is 67.1 Å². The van der Waals surface area contributed by atoms with Gasteiger partial charge < -0.3 is 10.6 Å². The molecule has 7 heteroatoms. The van der Waals surface area contributed by atoms with Crippen LogP contribution in [0.15, 0.2) is 22.5 Å². The Morgan fingerprint density at radius 2 is 2.33 bits per heavy atom. The number of rotatable bonds is 4. The van der Waals surface area contributed by atoms with Gasteiger partial charge in [0.1, 0.15) is 11.6 Å². The summed E-state index contributed by atoms with van der Waals surface area (Å²) in [7, 11) is 1.82. The Labute approximate surface area is 147 Å². The number of hydrogen-bond donors (Lipinski definition) is 2. The molecule has 2 aromatic rings. The van der Waals surface area contributed by atoms with E-state index < -0.39 is 0 Å². The maximum absolute atomic E-state index is 4.46. The third-order valence-corrected chi connectivity index (χ3v) is 5.65. The van der Waals surface area contributed by atoms with Crippen molar-refractivity contribution in [3.05, 3.63) is 34.0 Å². The van der Waals surface area contributed by atoms with Crippen molar-refractivity contribution in [2.75, 3.05) is 13.6 Å². The molecule has 0 fully saturated rings. The third-order valence-electron chi connectivity index (χ3n) is 4.41. The van der Waals surface area contributed by atoms with Crippen molar-refractivity contribution in [2.45, 2.75) is 51.6 Å². The third kappa shape index (κ3) is 3.77. The van der Waals surface area contributed by atoms with Gasteiger partial charge in [-0.1, -0.05) is 19.9 Å².